The van der Waals surface area contributed by atoms with E-state index in [1.54, 1.807) is 12.1 Å². The summed E-state index contributed by atoms with van der Waals surface area (Å²) >= 11 is 11.9. The Labute approximate surface area is 272 Å². The SMILES string of the molecule is O=C(O)C(F)(F)F.O=S(=O)(NCC1CCC(CNc2nc(Nc3cccc(F)c3)c3ccccc3n2)CC1)c1cc(Cl)cc(Cl)c1. The zero-order valence-electron chi connectivity index (χ0n) is 24.0. The molecule has 4 N–H and O–H groups in total. The van der Waals surface area contributed by atoms with Gasteiger partial charge in [-0.15, -0.1) is 0 Å². The topological polar surface area (TPSA) is 133 Å². The number of nitrogens with zero attached hydrogens (tertiary/aromatic N) is 2. The number of alkyl halides is 3. The number of hydrogen-bond acceptors (Lipinski definition) is 7. The molecule has 0 saturated heterocycles. The van der Waals surface area contributed by atoms with Gasteiger partial charge < -0.3 is 15.7 Å². The first-order valence-electron chi connectivity index (χ1n) is 14.0. The number of nitrogens with one attached hydrogen (secondary N) is 3. The number of carboxylic acids is 1. The summed E-state index contributed by atoms with van der Waals surface area (Å²) in [6.07, 6.45) is -1.33. The van der Waals surface area contributed by atoms with E-state index >= 15 is 0 Å². The lowest BCUT2D eigenvalue weighted by atomic mass is 9.82. The minimum Gasteiger partial charge on any atom is -0.475 e. The van der Waals surface area contributed by atoms with Gasteiger partial charge in [-0.25, -0.2) is 27.3 Å². The highest BCUT2D eigenvalue weighted by Crippen LogP contribution is 2.30. The summed E-state index contributed by atoms with van der Waals surface area (Å²) < 4.78 is 73.5. The van der Waals surface area contributed by atoms with Crippen molar-refractivity contribution in [2.45, 2.75) is 36.8 Å². The molecule has 0 unspecified atom stereocenters. The zero-order chi connectivity index (χ0) is 33.5. The van der Waals surface area contributed by atoms with Gasteiger partial charge in [0.1, 0.15) is 11.6 Å². The smallest absolute Gasteiger partial charge is 0.475 e. The Hall–Kier alpha value is -3.72. The van der Waals surface area contributed by atoms with Crippen LogP contribution in [0.5, 0.6) is 0 Å². The predicted octanol–water partition coefficient (Wildman–Crippen LogP) is 7.65. The van der Waals surface area contributed by atoms with Gasteiger partial charge in [0, 0.05) is 34.2 Å². The van der Waals surface area contributed by atoms with Crippen LogP contribution in [0.4, 0.5) is 35.0 Å². The molecule has 0 radical (unpaired) electrons. The number of benzene rings is 3. The van der Waals surface area contributed by atoms with E-state index in [0.29, 0.717) is 36.5 Å². The molecule has 4 aromatic rings. The first-order valence-corrected chi connectivity index (χ1v) is 16.2. The van der Waals surface area contributed by atoms with Crippen molar-refractivity contribution < 1.29 is 35.9 Å². The van der Waals surface area contributed by atoms with Crippen LogP contribution in [0.1, 0.15) is 25.7 Å². The number of fused-ring (bicyclic) bond motifs is 1. The van der Waals surface area contributed by atoms with Crippen molar-refractivity contribution in [3.05, 3.63) is 82.6 Å². The summed E-state index contributed by atoms with van der Waals surface area (Å²) in [5.41, 5.74) is 1.39. The summed E-state index contributed by atoms with van der Waals surface area (Å²) in [4.78, 5) is 18.3. The average Bonchev–Trinajstić information content (AvgIpc) is 2.99. The fraction of sp³-hybridized carbons (Fsp3) is 0.300. The largest absolute Gasteiger partial charge is 0.490 e. The monoisotopic (exact) mass is 701 g/mol. The lowest BCUT2D eigenvalue weighted by molar-refractivity contribution is -0.192. The number of aliphatic carboxylic acids is 1. The quantitative estimate of drug-likeness (QED) is 0.131. The second-order valence-corrected chi connectivity index (χ2v) is 13.2. The summed E-state index contributed by atoms with van der Waals surface area (Å²) in [6, 6.07) is 18.2. The molecule has 0 spiro atoms. The van der Waals surface area contributed by atoms with Crippen LogP contribution in [0, 0.1) is 17.7 Å². The number of carboxylic acid groups (broad SMARTS) is 1. The molecule has 0 amide bonds. The molecule has 16 heteroatoms. The van der Waals surface area contributed by atoms with Crippen LogP contribution < -0.4 is 15.4 Å². The van der Waals surface area contributed by atoms with Crippen LogP contribution in [0.15, 0.2) is 71.6 Å². The zero-order valence-corrected chi connectivity index (χ0v) is 26.3. The summed E-state index contributed by atoms with van der Waals surface area (Å²) in [7, 11) is -3.69. The first-order chi connectivity index (χ1) is 21.7. The lowest BCUT2D eigenvalue weighted by Crippen LogP contribution is -2.32. The molecule has 246 valence electrons. The second-order valence-electron chi connectivity index (χ2n) is 10.6. The molecule has 1 aliphatic rings. The number of hydrogen-bond donors (Lipinski definition) is 4. The van der Waals surface area contributed by atoms with Crippen LogP contribution in [0.3, 0.4) is 0 Å². The van der Waals surface area contributed by atoms with Crippen molar-refractivity contribution in [2.24, 2.45) is 11.8 Å². The van der Waals surface area contributed by atoms with Crippen molar-refractivity contribution in [3.63, 3.8) is 0 Å². The van der Waals surface area contributed by atoms with Crippen LogP contribution in [-0.2, 0) is 14.8 Å². The van der Waals surface area contributed by atoms with E-state index in [4.69, 9.17) is 33.1 Å². The van der Waals surface area contributed by atoms with Gasteiger partial charge in [0.05, 0.1) is 10.4 Å². The third kappa shape index (κ3) is 10.1. The summed E-state index contributed by atoms with van der Waals surface area (Å²) in [5.74, 6) is -1.31. The third-order valence-corrected chi connectivity index (χ3v) is 9.00. The molecule has 1 saturated carbocycles. The van der Waals surface area contributed by atoms with Crippen LogP contribution >= 0.6 is 23.2 Å². The van der Waals surface area contributed by atoms with E-state index in [1.807, 2.05) is 24.3 Å². The van der Waals surface area contributed by atoms with Crippen LogP contribution in [0.2, 0.25) is 10.0 Å². The molecule has 0 aliphatic heterocycles. The molecule has 9 nitrogen and oxygen atoms in total. The minimum absolute atomic E-state index is 0.0690. The maximum atomic E-state index is 13.7. The summed E-state index contributed by atoms with van der Waals surface area (Å²) in [5, 5.41) is 15.1. The molecular weight excluding hydrogens is 673 g/mol. The number of sulfonamides is 1. The second kappa shape index (κ2) is 15.2. The number of para-hydroxylation sites is 1. The molecule has 46 heavy (non-hydrogen) atoms. The number of anilines is 3. The van der Waals surface area contributed by atoms with E-state index < -0.39 is 22.2 Å². The van der Waals surface area contributed by atoms with E-state index in [9.17, 15) is 26.0 Å². The fourth-order valence-electron chi connectivity index (χ4n) is 4.82. The maximum absolute atomic E-state index is 13.7. The van der Waals surface area contributed by atoms with Crippen LogP contribution in [-0.4, -0.2) is 48.7 Å². The van der Waals surface area contributed by atoms with Crippen molar-refractivity contribution in [3.8, 4) is 0 Å². The Kier molecular flexibility index (Phi) is 11.6. The summed E-state index contributed by atoms with van der Waals surface area (Å²) in [6.45, 7) is 1.08. The molecule has 3 aromatic carbocycles. The van der Waals surface area contributed by atoms with E-state index in [-0.39, 0.29) is 26.7 Å². The molecule has 1 heterocycles. The molecular formula is C30H29Cl2F4N5O4S. The van der Waals surface area contributed by atoms with Crippen molar-refractivity contribution in [2.75, 3.05) is 23.7 Å². The number of halogens is 6. The van der Waals surface area contributed by atoms with Gasteiger partial charge in [-0.1, -0.05) is 41.4 Å². The number of carbonyl (C=O) groups is 1. The van der Waals surface area contributed by atoms with E-state index in [1.165, 1.54) is 30.3 Å². The molecule has 1 aromatic heterocycles. The first kappa shape index (κ1) is 35.1. The van der Waals surface area contributed by atoms with E-state index in [0.717, 1.165) is 36.6 Å². The highest BCUT2D eigenvalue weighted by molar-refractivity contribution is 7.89. The highest BCUT2D eigenvalue weighted by Gasteiger charge is 2.38. The van der Waals surface area contributed by atoms with Gasteiger partial charge in [-0.2, -0.15) is 18.2 Å². The predicted molar refractivity (Wildman–Crippen MR) is 168 cm³/mol. The lowest BCUT2D eigenvalue weighted by Gasteiger charge is -2.28. The standard InChI is InChI=1S/C28H28Cl2FN5O2S.C2HF3O2/c29-20-12-21(30)14-24(13-20)39(37,38)33-17-19-10-8-18(9-11-19)16-32-28-35-26-7-2-1-6-25(26)27(36-28)34-23-5-3-4-22(31)15-23;3-2(4,5)1(6)7/h1-7,12-15,18-19,33H,8-11,16-17H2,(H2,32,34,35,36);(H,6,7). The Morgan fingerprint density at radius 3 is 2.11 bits per heavy atom. The number of aromatic nitrogens is 2. The minimum atomic E-state index is -5.08. The van der Waals surface area contributed by atoms with E-state index in [2.05, 4.69) is 25.3 Å². The maximum Gasteiger partial charge on any atom is 0.490 e. The van der Waals surface area contributed by atoms with Crippen molar-refractivity contribution in [1.82, 2.24) is 14.7 Å². The molecule has 1 aliphatic carbocycles. The van der Waals surface area contributed by atoms with Crippen molar-refractivity contribution >= 4 is 67.6 Å². The Bertz CT molecular complexity index is 1770. The van der Waals surface area contributed by atoms with Gasteiger partial charge in [-0.05, 0) is 86.1 Å². The van der Waals surface area contributed by atoms with Crippen LogP contribution in [0.25, 0.3) is 10.9 Å². The normalized spacial score (nSPS) is 16.7. The van der Waals surface area contributed by atoms with Gasteiger partial charge in [0.2, 0.25) is 16.0 Å². The number of rotatable bonds is 9. The Balaban J connectivity index is 0.000000617. The molecule has 1 fully saturated rings. The Morgan fingerprint density at radius 2 is 1.50 bits per heavy atom. The average molecular weight is 703 g/mol. The molecule has 0 atom stereocenters. The van der Waals surface area contributed by atoms with Crippen molar-refractivity contribution in [1.29, 1.82) is 0 Å². The van der Waals surface area contributed by atoms with Gasteiger partial charge in [0.25, 0.3) is 0 Å². The molecule has 5 rings (SSSR count). The van der Waals surface area contributed by atoms with Gasteiger partial charge in [-0.3, -0.25) is 0 Å². The van der Waals surface area contributed by atoms with Gasteiger partial charge >= 0.3 is 12.1 Å². The fourth-order valence-corrected chi connectivity index (χ4v) is 6.67. The third-order valence-electron chi connectivity index (χ3n) is 7.16. The van der Waals surface area contributed by atoms with Gasteiger partial charge in [0.15, 0.2) is 0 Å². The highest BCUT2D eigenvalue weighted by atomic mass is 35.5. The Morgan fingerprint density at radius 1 is 0.891 bits per heavy atom. The molecule has 0 bridgehead atoms.